The van der Waals surface area contributed by atoms with E-state index in [0.717, 1.165) is 22.9 Å². The van der Waals surface area contributed by atoms with Gasteiger partial charge in [-0.15, -0.1) is 0 Å². The summed E-state index contributed by atoms with van der Waals surface area (Å²) in [5.41, 5.74) is 3.48. The summed E-state index contributed by atoms with van der Waals surface area (Å²) in [7, 11) is 0. The zero-order valence-electron chi connectivity index (χ0n) is 13.2. The van der Waals surface area contributed by atoms with E-state index in [-0.39, 0.29) is 10.9 Å². The molecule has 24 heavy (non-hydrogen) atoms. The van der Waals surface area contributed by atoms with E-state index < -0.39 is 12.2 Å². The lowest BCUT2D eigenvalue weighted by atomic mass is 9.97. The normalized spacial score (nSPS) is 14.9. The summed E-state index contributed by atoms with van der Waals surface area (Å²) in [5, 5.41) is 20.4. The molecule has 0 aliphatic heterocycles. The summed E-state index contributed by atoms with van der Waals surface area (Å²) in [5.74, 6) is 0.388. The fourth-order valence-electron chi connectivity index (χ4n) is 2.93. The summed E-state index contributed by atoms with van der Waals surface area (Å²) >= 11 is 1.12. The molecule has 0 aromatic heterocycles. The summed E-state index contributed by atoms with van der Waals surface area (Å²) in [6, 6.07) is 12.6. The van der Waals surface area contributed by atoms with Gasteiger partial charge in [-0.3, -0.25) is 9.59 Å². The van der Waals surface area contributed by atoms with Crippen LogP contribution in [0.5, 0.6) is 0 Å². The average molecular weight is 342 g/mol. The third-order valence-corrected chi connectivity index (χ3v) is 5.02. The van der Waals surface area contributed by atoms with Gasteiger partial charge in [0.1, 0.15) is 6.10 Å². The van der Waals surface area contributed by atoms with Crippen molar-refractivity contribution in [3.8, 4) is 11.1 Å². The summed E-state index contributed by atoms with van der Waals surface area (Å²) in [6.45, 7) is 1.47. The summed E-state index contributed by atoms with van der Waals surface area (Å²) in [4.78, 5) is 23.4. The number of carbonyl (C=O) groups is 2. The van der Waals surface area contributed by atoms with E-state index in [2.05, 4.69) is 0 Å². The molecule has 1 aliphatic rings. The molecular weight excluding hydrogens is 324 g/mol. The van der Waals surface area contributed by atoms with Gasteiger partial charge in [-0.1, -0.05) is 48.2 Å². The lowest BCUT2D eigenvalue weighted by Gasteiger charge is -2.18. The minimum atomic E-state index is -1.08. The van der Waals surface area contributed by atoms with Crippen LogP contribution in [0.1, 0.15) is 40.9 Å². The van der Waals surface area contributed by atoms with Gasteiger partial charge in [0.25, 0.3) is 0 Å². The highest BCUT2D eigenvalue weighted by Gasteiger charge is 2.28. The van der Waals surface area contributed by atoms with Gasteiger partial charge in [0, 0.05) is 23.8 Å². The van der Waals surface area contributed by atoms with Crippen LogP contribution in [0.4, 0.5) is 0 Å². The predicted octanol–water partition coefficient (Wildman–Crippen LogP) is 2.96. The van der Waals surface area contributed by atoms with Crippen molar-refractivity contribution in [2.75, 3.05) is 5.75 Å². The Morgan fingerprint density at radius 2 is 1.71 bits per heavy atom. The maximum atomic E-state index is 12.5. The second kappa shape index (κ2) is 6.89. The molecule has 2 aromatic rings. The van der Waals surface area contributed by atoms with Crippen molar-refractivity contribution in [1.82, 2.24) is 0 Å². The molecule has 3 rings (SSSR count). The molecule has 0 heterocycles. The second-order valence-electron chi connectivity index (χ2n) is 5.82. The lowest BCUT2D eigenvalue weighted by molar-refractivity contribution is -0.109. The molecule has 2 aromatic carbocycles. The fourth-order valence-corrected chi connectivity index (χ4v) is 3.58. The first-order valence-corrected chi connectivity index (χ1v) is 8.75. The molecule has 0 saturated heterocycles. The summed E-state index contributed by atoms with van der Waals surface area (Å²) < 4.78 is 0. The predicted molar refractivity (Wildman–Crippen MR) is 94.0 cm³/mol. The van der Waals surface area contributed by atoms with Gasteiger partial charge in [0.15, 0.2) is 10.9 Å². The highest BCUT2D eigenvalue weighted by molar-refractivity contribution is 8.13. The van der Waals surface area contributed by atoms with Crippen LogP contribution in [-0.4, -0.2) is 33.0 Å². The molecule has 2 unspecified atom stereocenters. The van der Waals surface area contributed by atoms with Crippen LogP contribution in [0.25, 0.3) is 11.1 Å². The Hall–Kier alpha value is -1.95. The minimum Gasteiger partial charge on any atom is -0.390 e. The second-order valence-corrected chi connectivity index (χ2v) is 7.09. The lowest BCUT2D eigenvalue weighted by Crippen LogP contribution is -2.19. The van der Waals surface area contributed by atoms with E-state index in [1.54, 1.807) is 18.2 Å². The number of thioether (sulfide) groups is 1. The van der Waals surface area contributed by atoms with Crippen molar-refractivity contribution < 1.29 is 19.8 Å². The quantitative estimate of drug-likeness (QED) is 0.746. The van der Waals surface area contributed by atoms with Crippen LogP contribution in [0.3, 0.4) is 0 Å². The highest BCUT2D eigenvalue weighted by atomic mass is 32.2. The Labute approximate surface area is 144 Å². The number of aliphatic hydroxyl groups excluding tert-OH is 2. The van der Waals surface area contributed by atoms with E-state index in [1.807, 2.05) is 24.3 Å². The van der Waals surface area contributed by atoms with Gasteiger partial charge in [0.2, 0.25) is 0 Å². The largest absolute Gasteiger partial charge is 0.390 e. The molecule has 5 heteroatoms. The van der Waals surface area contributed by atoms with Crippen molar-refractivity contribution >= 4 is 22.7 Å². The van der Waals surface area contributed by atoms with E-state index in [4.69, 9.17) is 0 Å². The van der Waals surface area contributed by atoms with Crippen LogP contribution in [0, 0.1) is 0 Å². The van der Waals surface area contributed by atoms with Gasteiger partial charge in [-0.25, -0.2) is 0 Å². The van der Waals surface area contributed by atoms with E-state index in [9.17, 15) is 19.8 Å². The Bertz CT molecular complexity index is 800. The highest BCUT2D eigenvalue weighted by Crippen LogP contribution is 2.38. The monoisotopic (exact) mass is 342 g/mol. The molecule has 2 atom stereocenters. The van der Waals surface area contributed by atoms with Gasteiger partial charge < -0.3 is 10.2 Å². The molecule has 0 spiro atoms. The van der Waals surface area contributed by atoms with Crippen molar-refractivity contribution in [2.45, 2.75) is 25.6 Å². The van der Waals surface area contributed by atoms with Gasteiger partial charge in [-0.05, 0) is 29.2 Å². The number of fused-ring (bicyclic) bond motifs is 3. The van der Waals surface area contributed by atoms with Crippen molar-refractivity contribution in [1.29, 1.82) is 0 Å². The van der Waals surface area contributed by atoms with Gasteiger partial charge in [-0.2, -0.15) is 0 Å². The van der Waals surface area contributed by atoms with E-state index >= 15 is 0 Å². The first kappa shape index (κ1) is 16.9. The molecular formula is C19H18O4S. The molecule has 0 amide bonds. The van der Waals surface area contributed by atoms with Crippen LogP contribution in [-0.2, 0) is 4.79 Å². The molecule has 0 saturated carbocycles. The van der Waals surface area contributed by atoms with Crippen molar-refractivity contribution in [2.24, 2.45) is 0 Å². The van der Waals surface area contributed by atoms with E-state index in [1.165, 1.54) is 6.92 Å². The SMILES string of the molecule is CC(=O)SCCC(O)C(O)c1ccc2c(c1)C(=O)c1ccccc1-2. The molecule has 1 aliphatic carbocycles. The number of rotatable bonds is 5. The minimum absolute atomic E-state index is 0.0161. The van der Waals surface area contributed by atoms with Gasteiger partial charge >= 0.3 is 0 Å². The Morgan fingerprint density at radius 3 is 2.42 bits per heavy atom. The fraction of sp³-hybridized carbons (Fsp3) is 0.263. The third-order valence-electron chi connectivity index (χ3n) is 4.18. The Kier molecular flexibility index (Phi) is 4.85. The number of hydrogen-bond acceptors (Lipinski definition) is 5. The number of carbonyl (C=O) groups excluding carboxylic acids is 2. The number of hydrogen-bond donors (Lipinski definition) is 2. The van der Waals surface area contributed by atoms with E-state index in [0.29, 0.717) is 28.9 Å². The zero-order chi connectivity index (χ0) is 17.3. The smallest absolute Gasteiger partial charge is 0.194 e. The van der Waals surface area contributed by atoms with Crippen LogP contribution < -0.4 is 0 Å². The first-order valence-electron chi connectivity index (χ1n) is 7.76. The molecule has 2 N–H and O–H groups in total. The maximum Gasteiger partial charge on any atom is 0.194 e. The molecule has 0 fully saturated rings. The summed E-state index contributed by atoms with van der Waals surface area (Å²) in [6.07, 6.45) is -1.76. The van der Waals surface area contributed by atoms with Crippen LogP contribution >= 0.6 is 11.8 Å². The zero-order valence-corrected chi connectivity index (χ0v) is 14.0. The van der Waals surface area contributed by atoms with Crippen molar-refractivity contribution in [3.63, 3.8) is 0 Å². The Morgan fingerprint density at radius 1 is 1.04 bits per heavy atom. The topological polar surface area (TPSA) is 74.6 Å². The Balaban J connectivity index is 1.80. The number of ketones is 1. The average Bonchev–Trinajstić information content (AvgIpc) is 2.86. The van der Waals surface area contributed by atoms with Crippen LogP contribution in [0.2, 0.25) is 0 Å². The number of benzene rings is 2. The molecule has 4 nitrogen and oxygen atoms in total. The molecule has 124 valence electrons. The van der Waals surface area contributed by atoms with Crippen LogP contribution in [0.15, 0.2) is 42.5 Å². The number of aliphatic hydroxyl groups is 2. The van der Waals surface area contributed by atoms with Gasteiger partial charge in [0.05, 0.1) is 6.10 Å². The first-order chi connectivity index (χ1) is 11.5. The standard InChI is InChI=1S/C19H18O4S/c1-11(20)24-9-8-17(21)18(22)12-6-7-14-13-4-2-3-5-15(13)19(23)16(14)10-12/h2-7,10,17-18,21-22H,8-9H2,1H3. The third kappa shape index (κ3) is 3.15. The maximum absolute atomic E-state index is 12.5. The molecule has 0 radical (unpaired) electrons. The molecule has 0 bridgehead atoms. The van der Waals surface area contributed by atoms with Crippen molar-refractivity contribution in [3.05, 3.63) is 59.2 Å².